The summed E-state index contributed by atoms with van der Waals surface area (Å²) in [6.07, 6.45) is 1.50. The van der Waals surface area contributed by atoms with Gasteiger partial charge in [0.2, 0.25) is 0 Å². The number of esters is 1. The van der Waals surface area contributed by atoms with E-state index in [0.29, 0.717) is 22.2 Å². The zero-order chi connectivity index (χ0) is 21.6. The number of halogens is 1. The van der Waals surface area contributed by atoms with Gasteiger partial charge >= 0.3 is 12.0 Å². The molecule has 0 radical (unpaired) electrons. The zero-order valence-electron chi connectivity index (χ0n) is 16.3. The lowest BCUT2D eigenvalue weighted by atomic mass is 9.95. The molecule has 1 atom stereocenters. The SMILES string of the molecule is O=C1NC(COc2cccc(Cl)c2)=C(C(=O)OCc2ccco2)C(c2ccccc2)N1. The zero-order valence-corrected chi connectivity index (χ0v) is 17.1. The molecule has 3 aromatic rings. The second kappa shape index (κ2) is 9.40. The molecule has 2 amide bonds. The quantitative estimate of drug-likeness (QED) is 0.535. The Hall–Kier alpha value is -3.71. The lowest BCUT2D eigenvalue weighted by molar-refractivity contribution is -0.141. The van der Waals surface area contributed by atoms with Crippen molar-refractivity contribution in [2.45, 2.75) is 12.6 Å². The number of nitrogens with one attached hydrogen (secondary N) is 2. The lowest BCUT2D eigenvalue weighted by Gasteiger charge is -2.29. The average Bonchev–Trinajstić information content (AvgIpc) is 3.30. The molecule has 0 saturated carbocycles. The van der Waals surface area contributed by atoms with Gasteiger partial charge in [-0.25, -0.2) is 9.59 Å². The molecular weight excluding hydrogens is 420 g/mol. The Labute approximate surface area is 183 Å². The molecule has 1 aliphatic rings. The topological polar surface area (TPSA) is 89.8 Å². The van der Waals surface area contributed by atoms with Crippen molar-refractivity contribution in [2.75, 3.05) is 6.61 Å². The van der Waals surface area contributed by atoms with Crippen molar-refractivity contribution in [1.29, 1.82) is 0 Å². The lowest BCUT2D eigenvalue weighted by Crippen LogP contribution is -2.47. The highest BCUT2D eigenvalue weighted by Gasteiger charge is 2.34. The summed E-state index contributed by atoms with van der Waals surface area (Å²) in [5.41, 5.74) is 1.30. The number of hydrogen-bond acceptors (Lipinski definition) is 5. The fraction of sp³-hybridized carbons (Fsp3) is 0.130. The highest BCUT2D eigenvalue weighted by Crippen LogP contribution is 2.28. The molecule has 1 unspecified atom stereocenters. The van der Waals surface area contributed by atoms with Crippen molar-refractivity contribution in [3.63, 3.8) is 0 Å². The molecule has 0 aliphatic carbocycles. The summed E-state index contributed by atoms with van der Waals surface area (Å²) in [6, 6.07) is 18.3. The Kier molecular flexibility index (Phi) is 6.24. The number of carbonyl (C=O) groups excluding carboxylic acids is 2. The minimum absolute atomic E-state index is 0.0345. The first-order valence-electron chi connectivity index (χ1n) is 9.53. The second-order valence-electron chi connectivity index (χ2n) is 6.74. The van der Waals surface area contributed by atoms with E-state index in [1.807, 2.05) is 30.3 Å². The van der Waals surface area contributed by atoms with E-state index in [2.05, 4.69) is 10.6 Å². The minimum Gasteiger partial charge on any atom is -0.487 e. The van der Waals surface area contributed by atoms with Gasteiger partial charge in [-0.2, -0.15) is 0 Å². The maximum absolute atomic E-state index is 13.1. The third kappa shape index (κ3) is 5.07. The van der Waals surface area contributed by atoms with Gasteiger partial charge in [0.25, 0.3) is 0 Å². The van der Waals surface area contributed by atoms with Gasteiger partial charge in [-0.1, -0.05) is 48.0 Å². The molecule has 0 fully saturated rings. The van der Waals surface area contributed by atoms with Crippen LogP contribution in [0.1, 0.15) is 17.4 Å². The number of benzene rings is 2. The standard InChI is InChI=1S/C23H19ClN2O5/c24-16-8-4-9-17(12-16)30-14-19-20(22(27)31-13-18-10-5-11-29-18)21(26-23(28)25-19)15-6-2-1-3-7-15/h1-12,21H,13-14H2,(H2,25,26,28). The van der Waals surface area contributed by atoms with Gasteiger partial charge in [0.15, 0.2) is 0 Å². The van der Waals surface area contributed by atoms with Crippen LogP contribution in [0.4, 0.5) is 4.79 Å². The van der Waals surface area contributed by atoms with Crippen LogP contribution in [0.2, 0.25) is 5.02 Å². The van der Waals surface area contributed by atoms with Gasteiger partial charge in [-0.3, -0.25) is 0 Å². The maximum atomic E-state index is 13.1. The molecule has 31 heavy (non-hydrogen) atoms. The van der Waals surface area contributed by atoms with Crippen LogP contribution >= 0.6 is 11.6 Å². The minimum atomic E-state index is -0.697. The van der Waals surface area contributed by atoms with E-state index in [0.717, 1.165) is 5.56 Å². The molecule has 7 nitrogen and oxygen atoms in total. The van der Waals surface area contributed by atoms with E-state index < -0.39 is 18.0 Å². The summed E-state index contributed by atoms with van der Waals surface area (Å²) < 4.78 is 16.5. The molecule has 8 heteroatoms. The Bertz CT molecular complexity index is 1100. The van der Waals surface area contributed by atoms with E-state index in [-0.39, 0.29) is 18.8 Å². The fourth-order valence-corrected chi connectivity index (χ4v) is 3.37. The van der Waals surface area contributed by atoms with Crippen molar-refractivity contribution in [3.05, 3.63) is 101 Å². The molecular formula is C23H19ClN2O5. The van der Waals surface area contributed by atoms with Crippen molar-refractivity contribution in [3.8, 4) is 5.75 Å². The fourth-order valence-electron chi connectivity index (χ4n) is 3.19. The molecule has 1 aliphatic heterocycles. The second-order valence-corrected chi connectivity index (χ2v) is 7.17. The van der Waals surface area contributed by atoms with Gasteiger partial charge in [0.1, 0.15) is 24.7 Å². The summed E-state index contributed by atoms with van der Waals surface area (Å²) in [5, 5.41) is 5.97. The van der Waals surface area contributed by atoms with Crippen molar-refractivity contribution in [1.82, 2.24) is 10.6 Å². The highest BCUT2D eigenvalue weighted by atomic mass is 35.5. The Morgan fingerprint density at radius 2 is 1.87 bits per heavy atom. The first-order valence-corrected chi connectivity index (χ1v) is 9.91. The summed E-state index contributed by atoms with van der Waals surface area (Å²) >= 11 is 6.01. The summed E-state index contributed by atoms with van der Waals surface area (Å²) in [4.78, 5) is 25.4. The molecule has 0 saturated heterocycles. The van der Waals surface area contributed by atoms with Crippen molar-refractivity contribution >= 4 is 23.6 Å². The van der Waals surface area contributed by atoms with Crippen LogP contribution in [0, 0.1) is 0 Å². The molecule has 0 spiro atoms. The molecule has 0 bridgehead atoms. The first-order chi connectivity index (χ1) is 15.1. The number of rotatable bonds is 7. The van der Waals surface area contributed by atoms with Crippen LogP contribution in [-0.4, -0.2) is 18.6 Å². The highest BCUT2D eigenvalue weighted by molar-refractivity contribution is 6.30. The van der Waals surface area contributed by atoms with E-state index in [1.54, 1.807) is 36.4 Å². The van der Waals surface area contributed by atoms with E-state index in [1.165, 1.54) is 6.26 Å². The van der Waals surface area contributed by atoms with Crippen LogP contribution in [0.5, 0.6) is 5.75 Å². The molecule has 2 N–H and O–H groups in total. The Balaban J connectivity index is 1.64. The third-order valence-electron chi connectivity index (χ3n) is 4.61. The van der Waals surface area contributed by atoms with Gasteiger partial charge in [0.05, 0.1) is 23.6 Å². The third-order valence-corrected chi connectivity index (χ3v) is 4.85. The largest absolute Gasteiger partial charge is 0.487 e. The number of carbonyl (C=O) groups is 2. The van der Waals surface area contributed by atoms with Crippen LogP contribution in [-0.2, 0) is 16.1 Å². The van der Waals surface area contributed by atoms with Crippen LogP contribution in [0.15, 0.2) is 88.7 Å². The molecule has 2 aromatic carbocycles. The number of amides is 2. The maximum Gasteiger partial charge on any atom is 0.338 e. The summed E-state index contributed by atoms with van der Waals surface area (Å²) in [5.74, 6) is 0.421. The predicted molar refractivity (Wildman–Crippen MR) is 113 cm³/mol. The smallest absolute Gasteiger partial charge is 0.338 e. The van der Waals surface area contributed by atoms with Gasteiger partial charge in [-0.05, 0) is 35.9 Å². The Morgan fingerprint density at radius 1 is 1.03 bits per heavy atom. The van der Waals surface area contributed by atoms with Crippen molar-refractivity contribution < 1.29 is 23.5 Å². The first kappa shape index (κ1) is 20.6. The average molecular weight is 439 g/mol. The number of ether oxygens (including phenoxy) is 2. The molecule has 2 heterocycles. The molecule has 4 rings (SSSR count). The summed E-state index contributed by atoms with van der Waals surface area (Å²) in [7, 11) is 0. The number of hydrogen-bond donors (Lipinski definition) is 2. The molecule has 158 valence electrons. The van der Waals surface area contributed by atoms with Crippen molar-refractivity contribution in [2.24, 2.45) is 0 Å². The van der Waals surface area contributed by atoms with Crippen LogP contribution < -0.4 is 15.4 Å². The molecule has 1 aromatic heterocycles. The van der Waals surface area contributed by atoms with Gasteiger partial charge in [0, 0.05) is 5.02 Å². The number of urea groups is 1. The summed E-state index contributed by atoms with van der Waals surface area (Å²) in [6.45, 7) is -0.0878. The monoisotopic (exact) mass is 438 g/mol. The van der Waals surface area contributed by atoms with Gasteiger partial charge in [-0.15, -0.1) is 0 Å². The van der Waals surface area contributed by atoms with E-state index >= 15 is 0 Å². The van der Waals surface area contributed by atoms with Crippen LogP contribution in [0.25, 0.3) is 0 Å². The predicted octanol–water partition coefficient (Wildman–Crippen LogP) is 4.36. The number of furan rings is 1. The Morgan fingerprint density at radius 3 is 2.61 bits per heavy atom. The van der Waals surface area contributed by atoms with E-state index in [9.17, 15) is 9.59 Å². The van der Waals surface area contributed by atoms with Crippen LogP contribution in [0.3, 0.4) is 0 Å². The van der Waals surface area contributed by atoms with E-state index in [4.69, 9.17) is 25.5 Å². The van der Waals surface area contributed by atoms with Gasteiger partial charge < -0.3 is 24.5 Å². The normalized spacial score (nSPS) is 15.8.